The molecule has 2 heterocycles. The molecular weight excluding hydrogens is 532 g/mol. The van der Waals surface area contributed by atoms with Crippen LogP contribution in [0.15, 0.2) is 44.8 Å². The predicted octanol–water partition coefficient (Wildman–Crippen LogP) is 5.88. The monoisotopic (exact) mass is 552 g/mol. The molecule has 1 aliphatic heterocycles. The number of carbonyl (C=O) groups is 1. The van der Waals surface area contributed by atoms with E-state index >= 15 is 4.39 Å². The molecule has 0 atom stereocenters. The van der Waals surface area contributed by atoms with Gasteiger partial charge in [-0.1, -0.05) is 5.16 Å². The molecule has 1 amide bonds. The van der Waals surface area contributed by atoms with Gasteiger partial charge in [-0.25, -0.2) is 14.2 Å². The Morgan fingerprint density at radius 3 is 2.53 bits per heavy atom. The summed E-state index contributed by atoms with van der Waals surface area (Å²) in [6, 6.07) is 7.19. The zero-order valence-corrected chi connectivity index (χ0v) is 21.1. The molecule has 3 aromatic rings. The summed E-state index contributed by atoms with van der Waals surface area (Å²) in [5.74, 6) is -1.75. The molecule has 14 heteroatoms. The van der Waals surface area contributed by atoms with E-state index in [0.29, 0.717) is 30.8 Å². The fourth-order valence-electron chi connectivity index (χ4n) is 3.62. The topological polar surface area (TPSA) is 108 Å². The molecule has 2 aromatic carbocycles. The number of fused-ring (bicyclic) bond motifs is 1. The summed E-state index contributed by atoms with van der Waals surface area (Å²) in [6.07, 6.45) is -3.06. The fraction of sp³-hybridized carbons (Fsp3) is 0.292. The van der Waals surface area contributed by atoms with Gasteiger partial charge in [0.05, 0.1) is 26.5 Å². The molecule has 38 heavy (non-hydrogen) atoms. The molecule has 0 aliphatic carbocycles. The quantitative estimate of drug-likeness (QED) is 0.220. The van der Waals surface area contributed by atoms with Crippen molar-refractivity contribution in [2.24, 2.45) is 9.98 Å². The van der Waals surface area contributed by atoms with E-state index in [0.717, 1.165) is 18.9 Å². The highest BCUT2D eigenvalue weighted by molar-refractivity contribution is 8.15. The second kappa shape index (κ2) is 11.2. The van der Waals surface area contributed by atoms with Crippen molar-refractivity contribution in [1.82, 2.24) is 10.1 Å². The van der Waals surface area contributed by atoms with Gasteiger partial charge in [0.1, 0.15) is 16.6 Å². The number of aliphatic imine (C=N–C) groups is 2. The molecule has 0 saturated heterocycles. The number of thioether (sulfide) groups is 1. The summed E-state index contributed by atoms with van der Waals surface area (Å²) < 4.78 is 74.2. The number of rotatable bonds is 5. The SMILES string of the molecule is COC(=O)N=C(SC)C(=Nc1ccc(-c2noc(C(F)(F)F)n2)cc1)c1cc(OC)c2c(c1F)CCCO2. The number of halogens is 4. The molecule has 4 rings (SSSR count). The van der Waals surface area contributed by atoms with Crippen molar-refractivity contribution >= 4 is 34.3 Å². The Kier molecular flexibility index (Phi) is 7.99. The van der Waals surface area contributed by atoms with Crippen LogP contribution in [0.3, 0.4) is 0 Å². The minimum Gasteiger partial charge on any atom is -0.493 e. The first-order valence-electron chi connectivity index (χ1n) is 11.0. The van der Waals surface area contributed by atoms with E-state index in [-0.39, 0.29) is 39.1 Å². The van der Waals surface area contributed by atoms with Crippen LogP contribution in [0, 0.1) is 5.82 Å². The highest BCUT2D eigenvalue weighted by Gasteiger charge is 2.38. The van der Waals surface area contributed by atoms with E-state index in [1.54, 1.807) is 6.26 Å². The summed E-state index contributed by atoms with van der Waals surface area (Å²) in [4.78, 5) is 23.7. The number of nitrogens with zero attached hydrogens (tertiary/aromatic N) is 4. The molecule has 0 N–H and O–H groups in total. The number of methoxy groups -OCH3 is 2. The Bertz CT molecular complexity index is 1400. The third-order valence-corrected chi connectivity index (χ3v) is 6.04. The number of alkyl halides is 3. The van der Waals surface area contributed by atoms with E-state index in [1.165, 1.54) is 37.4 Å². The van der Waals surface area contributed by atoms with Gasteiger partial charge in [-0.3, -0.25) is 0 Å². The Labute approximate surface area is 217 Å². The van der Waals surface area contributed by atoms with E-state index in [9.17, 15) is 18.0 Å². The third kappa shape index (κ3) is 5.64. The maximum Gasteiger partial charge on any atom is 0.471 e. The Morgan fingerprint density at radius 1 is 1.18 bits per heavy atom. The van der Waals surface area contributed by atoms with Gasteiger partial charge in [0, 0.05) is 16.7 Å². The normalized spacial score (nSPS) is 14.1. The number of benzene rings is 2. The molecular formula is C24H20F4N4O5S. The van der Waals surface area contributed by atoms with Gasteiger partial charge in [0.2, 0.25) is 5.82 Å². The van der Waals surface area contributed by atoms with Crippen molar-refractivity contribution < 1.29 is 41.1 Å². The maximum absolute atomic E-state index is 15.8. The molecule has 200 valence electrons. The minimum atomic E-state index is -4.78. The number of hydrogen-bond donors (Lipinski definition) is 0. The Balaban J connectivity index is 1.82. The van der Waals surface area contributed by atoms with Gasteiger partial charge in [-0.05, 0) is 49.4 Å². The second-order valence-electron chi connectivity index (χ2n) is 7.72. The molecule has 0 spiro atoms. The first-order chi connectivity index (χ1) is 18.2. The van der Waals surface area contributed by atoms with Crippen LogP contribution in [-0.2, 0) is 17.3 Å². The van der Waals surface area contributed by atoms with Crippen LogP contribution in [-0.4, -0.2) is 54.1 Å². The maximum atomic E-state index is 15.8. The molecule has 0 radical (unpaired) electrons. The number of ether oxygens (including phenoxy) is 3. The van der Waals surface area contributed by atoms with E-state index in [1.807, 2.05) is 0 Å². The van der Waals surface area contributed by atoms with Crippen molar-refractivity contribution in [3.8, 4) is 22.9 Å². The summed E-state index contributed by atoms with van der Waals surface area (Å²) in [6.45, 7) is 0.417. The summed E-state index contributed by atoms with van der Waals surface area (Å²) in [5, 5.41) is 3.42. The average molecular weight is 553 g/mol. The lowest BCUT2D eigenvalue weighted by Gasteiger charge is -2.22. The van der Waals surface area contributed by atoms with E-state index in [2.05, 4.69) is 29.4 Å². The molecule has 0 unspecified atom stereocenters. The van der Waals surface area contributed by atoms with Gasteiger partial charge in [-0.2, -0.15) is 23.1 Å². The van der Waals surface area contributed by atoms with Crippen LogP contribution < -0.4 is 9.47 Å². The largest absolute Gasteiger partial charge is 0.493 e. The smallest absolute Gasteiger partial charge is 0.471 e. The highest BCUT2D eigenvalue weighted by Crippen LogP contribution is 2.39. The number of hydrogen-bond acceptors (Lipinski definition) is 9. The average Bonchev–Trinajstić information content (AvgIpc) is 3.43. The van der Waals surface area contributed by atoms with E-state index < -0.39 is 24.0 Å². The third-order valence-electron chi connectivity index (χ3n) is 5.37. The zero-order valence-electron chi connectivity index (χ0n) is 20.3. The minimum absolute atomic E-state index is 0.0127. The van der Waals surface area contributed by atoms with Crippen LogP contribution in [0.25, 0.3) is 11.4 Å². The summed E-state index contributed by atoms with van der Waals surface area (Å²) in [7, 11) is 2.58. The van der Waals surface area contributed by atoms with Gasteiger partial charge in [0.15, 0.2) is 11.5 Å². The summed E-state index contributed by atoms with van der Waals surface area (Å²) in [5.41, 5.74) is 0.850. The molecule has 0 fully saturated rings. The van der Waals surface area contributed by atoms with Gasteiger partial charge in [0.25, 0.3) is 0 Å². The summed E-state index contributed by atoms with van der Waals surface area (Å²) >= 11 is 1.04. The van der Waals surface area contributed by atoms with E-state index in [4.69, 9.17) is 9.47 Å². The lowest BCUT2D eigenvalue weighted by atomic mass is 9.98. The number of aromatic nitrogens is 2. The van der Waals surface area contributed by atoms with Crippen LogP contribution in [0.5, 0.6) is 11.5 Å². The van der Waals surface area contributed by atoms with Crippen molar-refractivity contribution in [3.63, 3.8) is 0 Å². The first kappa shape index (κ1) is 27.1. The van der Waals surface area contributed by atoms with Gasteiger partial charge < -0.3 is 18.7 Å². The predicted molar refractivity (Wildman–Crippen MR) is 131 cm³/mol. The van der Waals surface area contributed by atoms with Crippen LogP contribution in [0.4, 0.5) is 28.0 Å². The second-order valence-corrected chi connectivity index (χ2v) is 8.51. The molecule has 1 aromatic heterocycles. The fourth-order valence-corrected chi connectivity index (χ4v) is 4.13. The number of carbonyl (C=O) groups excluding carboxylic acids is 1. The lowest BCUT2D eigenvalue weighted by molar-refractivity contribution is -0.159. The standard InChI is InChI=1S/C24H20F4N4O5S/c1-34-16-11-15(17(25)14-5-4-10-36-19(14)16)18(21(38-3)31-23(33)35-2)29-13-8-6-12(7-9-13)20-30-22(37-32-20)24(26,27)28/h6-9,11H,4-5,10H2,1-3H3. The van der Waals surface area contributed by atoms with Crippen molar-refractivity contribution in [2.45, 2.75) is 19.0 Å². The Hall–Kier alpha value is -3.94. The van der Waals surface area contributed by atoms with Crippen molar-refractivity contribution in [2.75, 3.05) is 27.1 Å². The lowest BCUT2D eigenvalue weighted by Crippen LogP contribution is -2.19. The number of amides is 1. The molecule has 9 nitrogen and oxygen atoms in total. The highest BCUT2D eigenvalue weighted by atomic mass is 32.2. The van der Waals surface area contributed by atoms with Crippen molar-refractivity contribution in [3.05, 3.63) is 53.2 Å². The molecule has 0 bridgehead atoms. The molecule has 0 saturated carbocycles. The van der Waals surface area contributed by atoms with Crippen LogP contribution >= 0.6 is 11.8 Å². The van der Waals surface area contributed by atoms with Crippen molar-refractivity contribution in [1.29, 1.82) is 0 Å². The molecule has 1 aliphatic rings. The zero-order chi connectivity index (χ0) is 27.4. The first-order valence-corrected chi connectivity index (χ1v) is 12.2. The van der Waals surface area contributed by atoms with Crippen LogP contribution in [0.1, 0.15) is 23.4 Å². The van der Waals surface area contributed by atoms with Gasteiger partial charge in [-0.15, -0.1) is 11.8 Å². The van der Waals surface area contributed by atoms with Gasteiger partial charge >= 0.3 is 18.2 Å². The Morgan fingerprint density at radius 2 is 1.92 bits per heavy atom. The van der Waals surface area contributed by atoms with Crippen LogP contribution in [0.2, 0.25) is 0 Å².